The lowest BCUT2D eigenvalue weighted by Gasteiger charge is -2.24. The lowest BCUT2D eigenvalue weighted by Crippen LogP contribution is -2.35. The molecule has 0 atom stereocenters. The molecule has 1 N–H and O–H groups in total. The maximum absolute atomic E-state index is 6.24. The summed E-state index contributed by atoms with van der Waals surface area (Å²) in [5.74, 6) is 0.960. The van der Waals surface area contributed by atoms with Crippen LogP contribution in [0.15, 0.2) is 24.9 Å². The molecule has 20 heavy (non-hydrogen) atoms. The van der Waals surface area contributed by atoms with Crippen LogP contribution in [0.1, 0.15) is 39.7 Å². The topological polar surface area (TPSA) is 28.2 Å². The first kappa shape index (κ1) is 17.0. The molecular formula is C16H26ClN3. The molecule has 0 aliphatic rings. The van der Waals surface area contributed by atoms with Crippen LogP contribution in [0.25, 0.3) is 0 Å². The molecule has 0 spiro atoms. The van der Waals surface area contributed by atoms with Gasteiger partial charge in [-0.15, -0.1) is 6.58 Å². The zero-order chi connectivity index (χ0) is 15.2. The lowest BCUT2D eigenvalue weighted by molar-refractivity contribution is 0.424. The van der Waals surface area contributed by atoms with E-state index in [1.54, 1.807) is 6.20 Å². The van der Waals surface area contributed by atoms with Gasteiger partial charge in [-0.1, -0.05) is 24.6 Å². The van der Waals surface area contributed by atoms with Crippen molar-refractivity contribution in [1.29, 1.82) is 0 Å². The Hall–Kier alpha value is -1.06. The molecule has 1 rings (SSSR count). The highest BCUT2D eigenvalue weighted by atomic mass is 35.5. The van der Waals surface area contributed by atoms with Gasteiger partial charge in [0.25, 0.3) is 0 Å². The van der Waals surface area contributed by atoms with E-state index in [1.807, 2.05) is 6.08 Å². The Kier molecular flexibility index (Phi) is 6.50. The highest BCUT2D eigenvalue weighted by Gasteiger charge is 2.12. The van der Waals surface area contributed by atoms with E-state index in [9.17, 15) is 0 Å². The van der Waals surface area contributed by atoms with Crippen molar-refractivity contribution < 1.29 is 0 Å². The third-order valence-electron chi connectivity index (χ3n) is 2.90. The van der Waals surface area contributed by atoms with Crippen molar-refractivity contribution in [3.05, 3.63) is 35.5 Å². The fourth-order valence-electron chi connectivity index (χ4n) is 1.86. The van der Waals surface area contributed by atoms with Crippen molar-refractivity contribution in [1.82, 2.24) is 10.3 Å². The van der Waals surface area contributed by atoms with E-state index in [1.165, 1.54) is 0 Å². The normalized spacial score (nSPS) is 11.4. The first-order valence-corrected chi connectivity index (χ1v) is 7.50. The first-order valence-electron chi connectivity index (χ1n) is 7.12. The Morgan fingerprint density at radius 1 is 1.45 bits per heavy atom. The molecule has 4 heteroatoms. The molecule has 0 amide bonds. The maximum Gasteiger partial charge on any atom is 0.129 e. The summed E-state index contributed by atoms with van der Waals surface area (Å²) in [4.78, 5) is 6.65. The number of hydrogen-bond acceptors (Lipinski definition) is 3. The van der Waals surface area contributed by atoms with Crippen LogP contribution in [0.3, 0.4) is 0 Å². The summed E-state index contributed by atoms with van der Waals surface area (Å²) in [5.41, 5.74) is 1.15. The molecule has 1 heterocycles. The smallest absolute Gasteiger partial charge is 0.129 e. The first-order chi connectivity index (χ1) is 9.37. The van der Waals surface area contributed by atoms with Gasteiger partial charge in [-0.2, -0.15) is 0 Å². The molecule has 1 aromatic rings. The van der Waals surface area contributed by atoms with Gasteiger partial charge in [-0.3, -0.25) is 0 Å². The van der Waals surface area contributed by atoms with Crippen LogP contribution in [0.2, 0.25) is 5.02 Å². The van der Waals surface area contributed by atoms with Crippen molar-refractivity contribution in [2.45, 2.75) is 46.2 Å². The fourth-order valence-corrected chi connectivity index (χ4v) is 2.03. The lowest BCUT2D eigenvalue weighted by atomic mass is 10.1. The second kappa shape index (κ2) is 7.65. The number of anilines is 1. The van der Waals surface area contributed by atoms with Gasteiger partial charge < -0.3 is 10.2 Å². The van der Waals surface area contributed by atoms with Crippen molar-refractivity contribution >= 4 is 17.4 Å². The largest absolute Gasteiger partial charge is 0.353 e. The molecule has 0 aliphatic heterocycles. The Bertz CT molecular complexity index is 438. The van der Waals surface area contributed by atoms with E-state index in [4.69, 9.17) is 11.6 Å². The van der Waals surface area contributed by atoms with Gasteiger partial charge in [0, 0.05) is 31.4 Å². The summed E-state index contributed by atoms with van der Waals surface area (Å²) >= 11 is 6.24. The van der Waals surface area contributed by atoms with Crippen molar-refractivity contribution in [2.75, 3.05) is 18.0 Å². The van der Waals surface area contributed by atoms with Gasteiger partial charge in [0.2, 0.25) is 0 Å². The third-order valence-corrected chi connectivity index (χ3v) is 3.24. The molecule has 0 fully saturated rings. The number of rotatable bonds is 7. The predicted octanol–water partition coefficient (Wildman–Crippen LogP) is 4.03. The zero-order valence-corrected chi connectivity index (χ0v) is 13.8. The molecule has 0 saturated heterocycles. The van der Waals surface area contributed by atoms with Crippen LogP contribution >= 0.6 is 11.6 Å². The van der Waals surface area contributed by atoms with Gasteiger partial charge in [-0.05, 0) is 38.8 Å². The average molecular weight is 296 g/mol. The number of nitrogens with zero attached hydrogens (tertiary/aromatic N) is 2. The molecule has 0 aromatic carbocycles. The quantitative estimate of drug-likeness (QED) is 0.770. The van der Waals surface area contributed by atoms with Crippen LogP contribution in [0.4, 0.5) is 5.82 Å². The minimum Gasteiger partial charge on any atom is -0.353 e. The van der Waals surface area contributed by atoms with E-state index in [0.29, 0.717) is 5.02 Å². The summed E-state index contributed by atoms with van der Waals surface area (Å²) in [5, 5.41) is 4.17. The van der Waals surface area contributed by atoms with E-state index in [0.717, 1.165) is 37.4 Å². The van der Waals surface area contributed by atoms with E-state index in [2.05, 4.69) is 55.5 Å². The molecular weight excluding hydrogens is 270 g/mol. The standard InChI is InChI=1S/C16H26ClN3/c1-6-8-20(9-7-2)15-10-13(14(17)12-18-15)11-19-16(3,4)5/h6,10,12,19H,1,7-9,11H2,2-5H3. The average Bonchev–Trinajstić information content (AvgIpc) is 2.36. The highest BCUT2D eigenvalue weighted by Crippen LogP contribution is 2.21. The van der Waals surface area contributed by atoms with Crippen LogP contribution in [0.5, 0.6) is 0 Å². The third kappa shape index (κ3) is 5.51. The number of nitrogens with one attached hydrogen (secondary N) is 1. The molecule has 1 aromatic heterocycles. The minimum absolute atomic E-state index is 0.0665. The van der Waals surface area contributed by atoms with Crippen LogP contribution in [-0.2, 0) is 6.54 Å². The summed E-state index contributed by atoms with van der Waals surface area (Å²) in [6.45, 7) is 14.9. The van der Waals surface area contributed by atoms with Crippen LogP contribution < -0.4 is 10.2 Å². The van der Waals surface area contributed by atoms with Gasteiger partial charge in [-0.25, -0.2) is 4.98 Å². The summed E-state index contributed by atoms with van der Waals surface area (Å²) in [6, 6.07) is 2.07. The van der Waals surface area contributed by atoms with Gasteiger partial charge in [0.05, 0.1) is 5.02 Å². The van der Waals surface area contributed by atoms with Gasteiger partial charge >= 0.3 is 0 Å². The van der Waals surface area contributed by atoms with Gasteiger partial charge in [0.15, 0.2) is 0 Å². The van der Waals surface area contributed by atoms with E-state index in [-0.39, 0.29) is 5.54 Å². The number of hydrogen-bond donors (Lipinski definition) is 1. The van der Waals surface area contributed by atoms with E-state index >= 15 is 0 Å². The second-order valence-electron chi connectivity index (χ2n) is 5.97. The van der Waals surface area contributed by atoms with Gasteiger partial charge in [0.1, 0.15) is 5.82 Å². The van der Waals surface area contributed by atoms with Crippen LogP contribution in [-0.4, -0.2) is 23.6 Å². The summed E-state index contributed by atoms with van der Waals surface area (Å²) in [7, 11) is 0. The molecule has 0 unspecified atom stereocenters. The number of halogens is 1. The summed E-state index contributed by atoms with van der Waals surface area (Å²) < 4.78 is 0. The Morgan fingerprint density at radius 3 is 2.70 bits per heavy atom. The molecule has 0 aliphatic carbocycles. The van der Waals surface area contributed by atoms with Crippen molar-refractivity contribution in [2.24, 2.45) is 0 Å². The van der Waals surface area contributed by atoms with E-state index < -0.39 is 0 Å². The predicted molar refractivity (Wildman–Crippen MR) is 88.5 cm³/mol. The molecule has 3 nitrogen and oxygen atoms in total. The molecule has 0 saturated carbocycles. The Balaban J connectivity index is 2.91. The Morgan fingerprint density at radius 2 is 2.15 bits per heavy atom. The van der Waals surface area contributed by atoms with Crippen molar-refractivity contribution in [3.63, 3.8) is 0 Å². The number of pyridine rings is 1. The molecule has 112 valence electrons. The summed E-state index contributed by atoms with van der Waals surface area (Å²) in [6.07, 6.45) is 4.72. The fraction of sp³-hybridized carbons (Fsp3) is 0.562. The molecule has 0 radical (unpaired) electrons. The zero-order valence-electron chi connectivity index (χ0n) is 13.0. The minimum atomic E-state index is 0.0665. The second-order valence-corrected chi connectivity index (χ2v) is 6.38. The van der Waals surface area contributed by atoms with Crippen molar-refractivity contribution in [3.8, 4) is 0 Å². The monoisotopic (exact) mass is 295 g/mol. The Labute approximate surface area is 128 Å². The van der Waals surface area contributed by atoms with Crippen LogP contribution in [0, 0.1) is 0 Å². The maximum atomic E-state index is 6.24. The highest BCUT2D eigenvalue weighted by molar-refractivity contribution is 6.31. The number of aromatic nitrogens is 1. The molecule has 0 bridgehead atoms. The SMILES string of the molecule is C=CCN(CCC)c1cc(CNC(C)(C)C)c(Cl)cn1.